The summed E-state index contributed by atoms with van der Waals surface area (Å²) in [6, 6.07) is 5.34. The van der Waals surface area contributed by atoms with E-state index in [0.29, 0.717) is 24.4 Å². The maximum Gasteiger partial charge on any atom is 0.251 e. The Bertz CT molecular complexity index is 405. The first kappa shape index (κ1) is 14.3. The maximum atomic E-state index is 11.8. The van der Waals surface area contributed by atoms with E-state index in [1.165, 1.54) is 0 Å². The van der Waals surface area contributed by atoms with E-state index in [1.54, 1.807) is 25.3 Å². The zero-order valence-electron chi connectivity index (χ0n) is 11.1. The van der Waals surface area contributed by atoms with Gasteiger partial charge in [0.25, 0.3) is 5.91 Å². The van der Waals surface area contributed by atoms with E-state index in [-0.39, 0.29) is 11.9 Å². The Kier molecular flexibility index (Phi) is 5.45. The molecule has 0 spiro atoms. The number of ether oxygens (including phenoxy) is 1. The Morgan fingerprint density at radius 2 is 2.17 bits per heavy atom. The summed E-state index contributed by atoms with van der Waals surface area (Å²) in [5, 5.41) is 5.96. The quantitative estimate of drug-likeness (QED) is 0.528. The number of amides is 1. The van der Waals surface area contributed by atoms with Crippen molar-refractivity contribution in [1.82, 2.24) is 5.32 Å². The average Bonchev–Trinajstić information content (AvgIpc) is 2.30. The zero-order chi connectivity index (χ0) is 13.5. The molecule has 0 aliphatic carbocycles. The third-order valence-corrected chi connectivity index (χ3v) is 2.36. The molecule has 0 aliphatic rings. The Balaban J connectivity index is 2.69. The Morgan fingerprint density at radius 1 is 1.44 bits per heavy atom. The molecule has 5 heteroatoms. The third-order valence-electron chi connectivity index (χ3n) is 2.36. The second-order valence-electron chi connectivity index (χ2n) is 4.35. The Morgan fingerprint density at radius 3 is 2.72 bits per heavy atom. The molecule has 1 aromatic carbocycles. The van der Waals surface area contributed by atoms with Crippen molar-refractivity contribution < 1.29 is 9.53 Å². The van der Waals surface area contributed by atoms with Gasteiger partial charge in [-0.15, -0.1) is 0 Å². The number of carbonyl (C=O) groups excluding carboxylic acids is 1. The van der Waals surface area contributed by atoms with Crippen molar-refractivity contribution in [3.8, 4) is 0 Å². The van der Waals surface area contributed by atoms with Crippen LogP contribution in [0.1, 0.15) is 24.2 Å². The van der Waals surface area contributed by atoms with Crippen molar-refractivity contribution in [1.29, 1.82) is 0 Å². The highest BCUT2D eigenvalue weighted by Gasteiger charge is 2.08. The standard InChI is InChI=1S/C13H21N3O2/c1-9(2)16-13(17)10-4-5-12(11(14)8-10)15-6-7-18-3/h4-5,8-9,15H,6-7,14H2,1-3H3,(H,16,17). The van der Waals surface area contributed by atoms with Gasteiger partial charge in [-0.05, 0) is 32.0 Å². The highest BCUT2D eigenvalue weighted by molar-refractivity contribution is 5.96. The van der Waals surface area contributed by atoms with Gasteiger partial charge in [0.2, 0.25) is 0 Å². The highest BCUT2D eigenvalue weighted by atomic mass is 16.5. The summed E-state index contributed by atoms with van der Waals surface area (Å²) in [5.41, 5.74) is 7.83. The van der Waals surface area contributed by atoms with Crippen LogP contribution in [0.3, 0.4) is 0 Å². The van der Waals surface area contributed by atoms with E-state index in [9.17, 15) is 4.79 Å². The van der Waals surface area contributed by atoms with Crippen LogP contribution in [0, 0.1) is 0 Å². The summed E-state index contributed by atoms with van der Waals surface area (Å²) in [6.45, 7) is 5.12. The highest BCUT2D eigenvalue weighted by Crippen LogP contribution is 2.19. The van der Waals surface area contributed by atoms with E-state index in [2.05, 4.69) is 10.6 Å². The van der Waals surface area contributed by atoms with Gasteiger partial charge in [0.1, 0.15) is 0 Å². The van der Waals surface area contributed by atoms with Crippen molar-refractivity contribution in [2.75, 3.05) is 31.3 Å². The van der Waals surface area contributed by atoms with Crippen LogP contribution >= 0.6 is 0 Å². The molecule has 18 heavy (non-hydrogen) atoms. The van der Waals surface area contributed by atoms with Crippen LogP contribution in [0.5, 0.6) is 0 Å². The number of nitrogens with one attached hydrogen (secondary N) is 2. The van der Waals surface area contributed by atoms with Crippen molar-refractivity contribution in [2.45, 2.75) is 19.9 Å². The van der Waals surface area contributed by atoms with Crippen LogP contribution in [0.15, 0.2) is 18.2 Å². The molecule has 0 radical (unpaired) electrons. The van der Waals surface area contributed by atoms with E-state index < -0.39 is 0 Å². The molecule has 0 unspecified atom stereocenters. The number of anilines is 2. The molecule has 4 N–H and O–H groups in total. The molecule has 1 rings (SSSR count). The number of rotatable bonds is 6. The number of hydrogen-bond acceptors (Lipinski definition) is 4. The monoisotopic (exact) mass is 251 g/mol. The van der Waals surface area contributed by atoms with Crippen molar-refractivity contribution in [3.05, 3.63) is 23.8 Å². The van der Waals surface area contributed by atoms with Gasteiger partial charge < -0.3 is 21.1 Å². The minimum Gasteiger partial charge on any atom is -0.397 e. The van der Waals surface area contributed by atoms with Crippen LogP contribution in [0.25, 0.3) is 0 Å². The summed E-state index contributed by atoms with van der Waals surface area (Å²) in [6.07, 6.45) is 0. The second kappa shape index (κ2) is 6.86. The fourth-order valence-electron chi connectivity index (χ4n) is 1.50. The maximum absolute atomic E-state index is 11.8. The lowest BCUT2D eigenvalue weighted by molar-refractivity contribution is 0.0943. The summed E-state index contributed by atoms with van der Waals surface area (Å²) in [4.78, 5) is 11.8. The molecule has 1 aromatic rings. The predicted octanol–water partition coefficient (Wildman–Crippen LogP) is 1.47. The lowest BCUT2D eigenvalue weighted by Gasteiger charge is -2.12. The molecule has 0 saturated carbocycles. The number of hydrogen-bond donors (Lipinski definition) is 3. The van der Waals surface area contributed by atoms with E-state index in [1.807, 2.05) is 13.8 Å². The van der Waals surface area contributed by atoms with Crippen LogP contribution in [0.2, 0.25) is 0 Å². The van der Waals surface area contributed by atoms with E-state index >= 15 is 0 Å². The first-order chi connectivity index (χ1) is 8.54. The molecule has 5 nitrogen and oxygen atoms in total. The van der Waals surface area contributed by atoms with Crippen molar-refractivity contribution >= 4 is 17.3 Å². The lowest BCUT2D eigenvalue weighted by atomic mass is 10.1. The van der Waals surface area contributed by atoms with E-state index in [0.717, 1.165) is 5.69 Å². The normalized spacial score (nSPS) is 10.4. The van der Waals surface area contributed by atoms with Crippen LogP contribution < -0.4 is 16.4 Å². The third kappa shape index (κ3) is 4.25. The first-order valence-corrected chi connectivity index (χ1v) is 5.97. The smallest absolute Gasteiger partial charge is 0.251 e. The van der Waals surface area contributed by atoms with Gasteiger partial charge in [-0.25, -0.2) is 0 Å². The molecular formula is C13H21N3O2. The largest absolute Gasteiger partial charge is 0.397 e. The van der Waals surface area contributed by atoms with Crippen molar-refractivity contribution in [3.63, 3.8) is 0 Å². The molecule has 1 amide bonds. The van der Waals surface area contributed by atoms with Gasteiger partial charge in [-0.3, -0.25) is 4.79 Å². The molecule has 0 aliphatic heterocycles. The summed E-state index contributed by atoms with van der Waals surface area (Å²) >= 11 is 0. The number of nitrogen functional groups attached to an aromatic ring is 1. The average molecular weight is 251 g/mol. The molecule has 0 fully saturated rings. The summed E-state index contributed by atoms with van der Waals surface area (Å²) in [7, 11) is 1.64. The zero-order valence-corrected chi connectivity index (χ0v) is 11.1. The SMILES string of the molecule is COCCNc1ccc(C(=O)NC(C)C)cc1N. The summed E-state index contributed by atoms with van der Waals surface area (Å²) < 4.78 is 4.94. The number of carbonyl (C=O) groups is 1. The molecule has 100 valence electrons. The van der Waals surface area contributed by atoms with Gasteiger partial charge in [0.15, 0.2) is 0 Å². The van der Waals surface area contributed by atoms with Crippen molar-refractivity contribution in [2.24, 2.45) is 0 Å². The van der Waals surface area contributed by atoms with Crippen LogP contribution in [0.4, 0.5) is 11.4 Å². The van der Waals surface area contributed by atoms with E-state index in [4.69, 9.17) is 10.5 Å². The van der Waals surface area contributed by atoms with Crippen LogP contribution in [-0.4, -0.2) is 32.2 Å². The summed E-state index contributed by atoms with van der Waals surface area (Å²) in [5.74, 6) is -0.111. The van der Waals surface area contributed by atoms with Crippen LogP contribution in [-0.2, 0) is 4.74 Å². The first-order valence-electron chi connectivity index (χ1n) is 5.97. The van der Waals surface area contributed by atoms with Gasteiger partial charge in [-0.1, -0.05) is 0 Å². The van der Waals surface area contributed by atoms with Gasteiger partial charge in [0, 0.05) is 25.3 Å². The van der Waals surface area contributed by atoms with Gasteiger partial charge in [-0.2, -0.15) is 0 Å². The minimum absolute atomic E-state index is 0.109. The van der Waals surface area contributed by atoms with Gasteiger partial charge in [0.05, 0.1) is 18.0 Å². The Labute approximate surface area is 108 Å². The molecule has 0 atom stereocenters. The Hall–Kier alpha value is -1.75. The number of benzene rings is 1. The topological polar surface area (TPSA) is 76.4 Å². The lowest BCUT2D eigenvalue weighted by Crippen LogP contribution is -2.30. The molecule has 0 bridgehead atoms. The predicted molar refractivity (Wildman–Crippen MR) is 73.8 cm³/mol. The molecular weight excluding hydrogens is 230 g/mol. The number of methoxy groups -OCH3 is 1. The fraction of sp³-hybridized carbons (Fsp3) is 0.462. The molecule has 0 heterocycles. The fourth-order valence-corrected chi connectivity index (χ4v) is 1.50. The second-order valence-corrected chi connectivity index (χ2v) is 4.35. The number of nitrogens with two attached hydrogens (primary N) is 1. The minimum atomic E-state index is -0.111. The molecule has 0 saturated heterocycles. The molecule has 0 aromatic heterocycles. The van der Waals surface area contributed by atoms with Gasteiger partial charge >= 0.3 is 0 Å².